The highest BCUT2D eigenvalue weighted by molar-refractivity contribution is 7.61. The molecule has 0 spiro atoms. The molecule has 3 nitrogen and oxygen atoms in total. The summed E-state index contributed by atoms with van der Waals surface area (Å²) >= 11 is 0. The lowest BCUT2D eigenvalue weighted by molar-refractivity contribution is 0.341. The van der Waals surface area contributed by atoms with Gasteiger partial charge in [0.05, 0.1) is 0 Å². The molecule has 0 heterocycles. The van der Waals surface area contributed by atoms with Gasteiger partial charge in [-0.25, -0.2) is 0 Å². The minimum absolute atomic E-state index is 0.564. The first-order valence-electron chi connectivity index (χ1n) is 16.7. The largest absolute Gasteiger partial charge is 0.495 e. The summed E-state index contributed by atoms with van der Waals surface area (Å²) in [7, 11) is -3.16. The van der Waals surface area contributed by atoms with E-state index in [0.29, 0.717) is 6.16 Å². The Morgan fingerprint density at radius 3 is 1.35 bits per heavy atom. The summed E-state index contributed by atoms with van der Waals surface area (Å²) < 4.78 is 13.2. The molecule has 1 N–H and O–H groups in total. The van der Waals surface area contributed by atoms with Crippen LogP contribution in [0.2, 0.25) is 0 Å². The van der Waals surface area contributed by atoms with Gasteiger partial charge in [-0.05, 0) is 87.5 Å². The maximum absolute atomic E-state index is 12.1. The summed E-state index contributed by atoms with van der Waals surface area (Å²) in [6.45, 7) is 11.2. The normalized spacial score (nSPS) is 11.7. The van der Waals surface area contributed by atoms with Crippen molar-refractivity contribution >= 4 is 7.94 Å². The van der Waals surface area contributed by atoms with Gasteiger partial charge >= 0.3 is 7.94 Å². The molecule has 0 unspecified atom stereocenters. The van der Waals surface area contributed by atoms with E-state index in [9.17, 15) is 4.89 Å². The van der Waals surface area contributed by atoms with Gasteiger partial charge in [0.2, 0.25) is 0 Å². The zero-order valence-electron chi connectivity index (χ0n) is 26.6. The van der Waals surface area contributed by atoms with Gasteiger partial charge in [0.25, 0.3) is 0 Å². The van der Waals surface area contributed by atoms with Crippen molar-refractivity contribution in [2.24, 2.45) is 0 Å². The molecule has 0 amide bonds. The highest BCUT2D eigenvalue weighted by Gasteiger charge is 2.44. The highest BCUT2D eigenvalue weighted by Crippen LogP contribution is 2.58. The molecule has 2 aromatic rings. The highest BCUT2D eigenvalue weighted by atomic mass is 31.2. The van der Waals surface area contributed by atoms with Gasteiger partial charge in [-0.2, -0.15) is 4.89 Å². The zero-order valence-corrected chi connectivity index (χ0v) is 27.5. The van der Waals surface area contributed by atoms with Gasteiger partial charge in [-0.1, -0.05) is 110 Å². The molecule has 4 heteroatoms. The van der Waals surface area contributed by atoms with Crippen molar-refractivity contribution in [3.8, 4) is 11.5 Å². The van der Waals surface area contributed by atoms with Crippen molar-refractivity contribution in [2.45, 2.75) is 150 Å². The van der Waals surface area contributed by atoms with Crippen LogP contribution in [0.4, 0.5) is 0 Å². The van der Waals surface area contributed by atoms with Crippen LogP contribution in [0.1, 0.15) is 147 Å². The molecule has 2 aromatic carbocycles. The molecule has 0 aliphatic rings. The first kappa shape index (κ1) is 34.6. The van der Waals surface area contributed by atoms with E-state index < -0.39 is 7.94 Å². The maximum Gasteiger partial charge on any atom is 0.495 e. The number of unbranched alkanes of at least 4 members (excludes halogenated alkanes) is 9. The lowest BCUT2D eigenvalue weighted by Crippen LogP contribution is -2.14. The number of rotatable bonds is 23. The molecule has 0 aliphatic carbocycles. The van der Waals surface area contributed by atoms with Crippen LogP contribution in [-0.4, -0.2) is 11.1 Å². The Kier molecular flexibility index (Phi) is 17.6. The van der Waals surface area contributed by atoms with E-state index in [-0.39, 0.29) is 0 Å². The minimum atomic E-state index is -3.16. The summed E-state index contributed by atoms with van der Waals surface area (Å²) in [4.78, 5) is 12.1. The predicted molar refractivity (Wildman–Crippen MR) is 176 cm³/mol. The van der Waals surface area contributed by atoms with Crippen LogP contribution in [0.15, 0.2) is 36.4 Å². The first-order chi connectivity index (χ1) is 19.5. The van der Waals surface area contributed by atoms with Crippen molar-refractivity contribution in [1.82, 2.24) is 0 Å². The fourth-order valence-corrected chi connectivity index (χ4v) is 6.96. The van der Waals surface area contributed by atoms with Gasteiger partial charge < -0.3 is 0 Å². The van der Waals surface area contributed by atoms with Crippen molar-refractivity contribution in [3.63, 3.8) is 0 Å². The number of hydrogen-bond acceptors (Lipinski definition) is 3. The van der Waals surface area contributed by atoms with Crippen LogP contribution >= 0.6 is 7.94 Å². The Bertz CT molecular complexity index is 876. The van der Waals surface area contributed by atoms with Crippen LogP contribution in [0, 0.1) is 0 Å². The van der Waals surface area contributed by atoms with E-state index in [0.717, 1.165) is 75.7 Å². The van der Waals surface area contributed by atoms with Crippen molar-refractivity contribution in [3.05, 3.63) is 58.7 Å². The Hall–Kier alpha value is -1.57. The molecular weight excluding hydrogens is 511 g/mol. The fraction of sp³-hybridized carbons (Fsp3) is 0.667. The second kappa shape index (κ2) is 20.3. The molecular formula is C36H60O3P+. The Morgan fingerprint density at radius 1 is 0.500 bits per heavy atom. The Morgan fingerprint density at radius 2 is 0.900 bits per heavy atom. The zero-order chi connectivity index (χ0) is 29.1. The summed E-state index contributed by atoms with van der Waals surface area (Å²) in [6.07, 6.45) is 21.0. The van der Waals surface area contributed by atoms with E-state index in [4.69, 9.17) is 9.05 Å². The number of benzene rings is 2. The Balaban J connectivity index is 2.35. The third-order valence-electron chi connectivity index (χ3n) is 7.76. The summed E-state index contributed by atoms with van der Waals surface area (Å²) in [5.41, 5.74) is 5.15. The van der Waals surface area contributed by atoms with Crippen LogP contribution in [0.5, 0.6) is 11.5 Å². The van der Waals surface area contributed by atoms with Crippen LogP contribution < -0.4 is 9.05 Å². The third kappa shape index (κ3) is 12.9. The summed E-state index contributed by atoms with van der Waals surface area (Å²) in [5, 5.41) is 0. The SMILES string of the molecule is CCCCCCCC[P+](O)(Oc1ccc(CCCC)cc1CCCC)Oc1ccc(CCCC)cc1CCCC. The van der Waals surface area contributed by atoms with Crippen molar-refractivity contribution in [2.75, 3.05) is 6.16 Å². The maximum atomic E-state index is 12.1. The van der Waals surface area contributed by atoms with Gasteiger partial charge in [0.1, 0.15) is 0 Å². The average Bonchev–Trinajstić information content (AvgIpc) is 2.96. The molecule has 0 fully saturated rings. The summed E-state index contributed by atoms with van der Waals surface area (Å²) in [5.74, 6) is 1.62. The molecule has 226 valence electrons. The lowest BCUT2D eigenvalue weighted by atomic mass is 10.0. The molecule has 0 bridgehead atoms. The second-order valence-corrected chi connectivity index (χ2v) is 13.7. The smallest absolute Gasteiger partial charge is 0.278 e. The van der Waals surface area contributed by atoms with Crippen LogP contribution in [-0.2, 0) is 25.7 Å². The molecule has 40 heavy (non-hydrogen) atoms. The van der Waals surface area contributed by atoms with E-state index in [1.54, 1.807) is 0 Å². The first-order valence-corrected chi connectivity index (χ1v) is 18.5. The number of hydrogen-bond donors (Lipinski definition) is 1. The topological polar surface area (TPSA) is 38.7 Å². The Labute approximate surface area is 248 Å². The molecule has 0 saturated heterocycles. The number of aryl methyl sites for hydroxylation is 4. The van der Waals surface area contributed by atoms with Gasteiger partial charge in [-0.15, -0.1) is 0 Å². The van der Waals surface area contributed by atoms with Gasteiger partial charge in [-0.3, -0.25) is 9.05 Å². The summed E-state index contributed by atoms with van der Waals surface area (Å²) in [6, 6.07) is 13.2. The van der Waals surface area contributed by atoms with Gasteiger partial charge in [0.15, 0.2) is 17.7 Å². The molecule has 0 aliphatic heterocycles. The lowest BCUT2D eigenvalue weighted by Gasteiger charge is -2.22. The second-order valence-electron chi connectivity index (χ2n) is 11.6. The molecule has 0 aromatic heterocycles. The molecule has 0 radical (unpaired) electrons. The van der Waals surface area contributed by atoms with Crippen LogP contribution in [0.3, 0.4) is 0 Å². The van der Waals surface area contributed by atoms with E-state index >= 15 is 0 Å². The molecule has 2 rings (SSSR count). The monoisotopic (exact) mass is 571 g/mol. The molecule has 0 saturated carbocycles. The van der Waals surface area contributed by atoms with Crippen LogP contribution in [0.25, 0.3) is 0 Å². The molecule has 0 atom stereocenters. The van der Waals surface area contributed by atoms with Gasteiger partial charge in [0, 0.05) is 11.1 Å². The third-order valence-corrected chi connectivity index (χ3v) is 9.61. The quantitative estimate of drug-likeness (QED) is 0.106. The van der Waals surface area contributed by atoms with E-state index in [2.05, 4.69) is 71.0 Å². The predicted octanol–water partition coefficient (Wildman–Crippen LogP) is 11.6. The van der Waals surface area contributed by atoms with E-state index in [1.165, 1.54) is 73.6 Å². The fourth-order valence-electron chi connectivity index (χ4n) is 5.15. The van der Waals surface area contributed by atoms with Crippen molar-refractivity contribution < 1.29 is 13.9 Å². The van der Waals surface area contributed by atoms with Crippen molar-refractivity contribution in [1.29, 1.82) is 0 Å². The standard InChI is InChI=1S/C36H60O3P/c1-6-11-16-17-18-19-28-40(37,38-35-26-24-31(20-12-7-2)29-33(35)22-14-9-4)39-36-27-25-32(21-13-8-3)30-34(36)23-15-10-5/h24-27,29-30,37H,6-23,28H2,1-5H3/q+1. The average molecular weight is 572 g/mol. The van der Waals surface area contributed by atoms with E-state index in [1.807, 2.05) is 0 Å². The minimum Gasteiger partial charge on any atom is -0.278 e.